The number of pyridine rings is 1. The van der Waals surface area contributed by atoms with Crippen LogP contribution in [0.4, 0.5) is 0 Å². The summed E-state index contributed by atoms with van der Waals surface area (Å²) in [6.07, 6.45) is 2.59. The number of aromatic nitrogens is 1. The molecule has 0 spiro atoms. The van der Waals surface area contributed by atoms with Gasteiger partial charge in [-0.3, -0.25) is 9.59 Å². The van der Waals surface area contributed by atoms with Crippen molar-refractivity contribution in [2.75, 3.05) is 6.61 Å². The van der Waals surface area contributed by atoms with Crippen molar-refractivity contribution in [1.82, 2.24) is 4.57 Å². The van der Waals surface area contributed by atoms with Gasteiger partial charge in [0.2, 0.25) is 0 Å². The minimum absolute atomic E-state index is 0.00714. The van der Waals surface area contributed by atoms with E-state index in [1.807, 2.05) is 0 Å². The van der Waals surface area contributed by atoms with E-state index in [4.69, 9.17) is 4.74 Å². The third-order valence-corrected chi connectivity index (χ3v) is 3.61. The highest BCUT2D eigenvalue weighted by Gasteiger charge is 2.44. The third kappa shape index (κ3) is 2.83. The van der Waals surface area contributed by atoms with Crippen molar-refractivity contribution in [2.45, 2.75) is 26.8 Å². The van der Waals surface area contributed by atoms with E-state index in [1.165, 1.54) is 0 Å². The van der Waals surface area contributed by atoms with Crippen LogP contribution in [0.25, 0.3) is 0 Å². The molecule has 1 heterocycles. The highest BCUT2D eigenvalue weighted by molar-refractivity contribution is 9.10. The first-order valence-corrected chi connectivity index (χ1v) is 6.85. The summed E-state index contributed by atoms with van der Waals surface area (Å²) in [5.74, 6) is 0.0638. The Morgan fingerprint density at radius 3 is 3.00 bits per heavy atom. The van der Waals surface area contributed by atoms with Crippen LogP contribution in [0, 0.1) is 18.8 Å². The molecule has 0 aromatic carbocycles. The lowest BCUT2D eigenvalue weighted by Gasteiger charge is -2.07. The van der Waals surface area contributed by atoms with E-state index in [0.717, 1.165) is 10.9 Å². The molecule has 0 bridgehead atoms. The Morgan fingerprint density at radius 2 is 2.33 bits per heavy atom. The number of carbonyl (C=O) groups is 1. The van der Waals surface area contributed by atoms with Gasteiger partial charge in [0, 0.05) is 22.8 Å². The zero-order valence-electron chi connectivity index (χ0n) is 10.5. The number of hydrogen-bond donors (Lipinski definition) is 0. The maximum absolute atomic E-state index is 11.9. The number of halogens is 1. The summed E-state index contributed by atoms with van der Waals surface area (Å²) in [5, 5.41) is 0. The van der Waals surface area contributed by atoms with E-state index in [0.29, 0.717) is 18.7 Å². The van der Waals surface area contributed by atoms with Gasteiger partial charge in [0.15, 0.2) is 0 Å². The van der Waals surface area contributed by atoms with Gasteiger partial charge in [-0.25, -0.2) is 0 Å². The van der Waals surface area contributed by atoms with Crippen LogP contribution in [0.3, 0.4) is 0 Å². The van der Waals surface area contributed by atoms with E-state index in [-0.39, 0.29) is 23.4 Å². The lowest BCUT2D eigenvalue weighted by Crippen LogP contribution is -2.23. The first-order valence-electron chi connectivity index (χ1n) is 6.06. The molecule has 0 amide bonds. The van der Waals surface area contributed by atoms with Crippen LogP contribution in [-0.2, 0) is 16.1 Å². The number of hydrogen-bond acceptors (Lipinski definition) is 3. The summed E-state index contributed by atoms with van der Waals surface area (Å²) in [6.45, 7) is 4.59. The number of ether oxygens (including phenoxy) is 1. The van der Waals surface area contributed by atoms with Crippen LogP contribution < -0.4 is 5.56 Å². The van der Waals surface area contributed by atoms with Gasteiger partial charge in [-0.1, -0.05) is 0 Å². The predicted molar refractivity (Wildman–Crippen MR) is 71.4 cm³/mol. The number of esters is 1. The number of carbonyl (C=O) groups excluding carboxylic acids is 1. The molecule has 2 rings (SSSR count). The smallest absolute Gasteiger partial charge is 0.309 e. The summed E-state index contributed by atoms with van der Waals surface area (Å²) in [6, 6.07) is 1.80. The molecule has 18 heavy (non-hydrogen) atoms. The molecule has 5 heteroatoms. The fourth-order valence-corrected chi connectivity index (χ4v) is 2.71. The van der Waals surface area contributed by atoms with Crippen molar-refractivity contribution in [3.63, 3.8) is 0 Å². The summed E-state index contributed by atoms with van der Waals surface area (Å²) in [7, 11) is 0. The number of nitrogens with zero attached hydrogens (tertiary/aromatic N) is 1. The Morgan fingerprint density at radius 1 is 1.61 bits per heavy atom. The molecule has 0 saturated heterocycles. The van der Waals surface area contributed by atoms with E-state index in [2.05, 4.69) is 15.9 Å². The molecule has 0 aliphatic heterocycles. The largest absolute Gasteiger partial charge is 0.466 e. The monoisotopic (exact) mass is 313 g/mol. The number of aryl methyl sites for hydroxylation is 1. The van der Waals surface area contributed by atoms with Gasteiger partial charge in [-0.05, 0) is 48.2 Å². The van der Waals surface area contributed by atoms with Crippen LogP contribution in [0.5, 0.6) is 0 Å². The molecule has 2 atom stereocenters. The molecule has 1 aliphatic carbocycles. The molecular weight excluding hydrogens is 298 g/mol. The third-order valence-electron chi connectivity index (χ3n) is 3.17. The van der Waals surface area contributed by atoms with Gasteiger partial charge in [-0.2, -0.15) is 0 Å². The Hall–Kier alpha value is -1.10. The minimum Gasteiger partial charge on any atom is -0.466 e. The van der Waals surface area contributed by atoms with Gasteiger partial charge in [0.25, 0.3) is 5.56 Å². The second-order valence-electron chi connectivity index (χ2n) is 4.65. The summed E-state index contributed by atoms with van der Waals surface area (Å²) < 4.78 is 7.53. The summed E-state index contributed by atoms with van der Waals surface area (Å²) in [4.78, 5) is 23.4. The van der Waals surface area contributed by atoms with Gasteiger partial charge >= 0.3 is 5.97 Å². The van der Waals surface area contributed by atoms with Gasteiger partial charge in [0.05, 0.1) is 12.5 Å². The fourth-order valence-electron chi connectivity index (χ4n) is 2.12. The van der Waals surface area contributed by atoms with Crippen molar-refractivity contribution in [3.05, 3.63) is 32.7 Å². The lowest BCUT2D eigenvalue weighted by molar-refractivity contribution is -0.145. The van der Waals surface area contributed by atoms with Crippen molar-refractivity contribution in [2.24, 2.45) is 11.8 Å². The molecule has 1 aromatic heterocycles. The topological polar surface area (TPSA) is 48.3 Å². The van der Waals surface area contributed by atoms with Crippen LogP contribution in [0.15, 0.2) is 21.5 Å². The molecule has 0 unspecified atom stereocenters. The first kappa shape index (κ1) is 13.3. The molecule has 1 fully saturated rings. The maximum atomic E-state index is 11.9. The maximum Gasteiger partial charge on any atom is 0.309 e. The molecule has 4 nitrogen and oxygen atoms in total. The zero-order valence-corrected chi connectivity index (χ0v) is 12.1. The van der Waals surface area contributed by atoms with Crippen LogP contribution >= 0.6 is 15.9 Å². The summed E-state index contributed by atoms with van der Waals surface area (Å²) >= 11 is 3.38. The molecular formula is C13H16BrNO3. The van der Waals surface area contributed by atoms with E-state index in [9.17, 15) is 9.59 Å². The molecule has 98 valence electrons. The Balaban J connectivity index is 2.05. The van der Waals surface area contributed by atoms with Gasteiger partial charge in [0.1, 0.15) is 0 Å². The van der Waals surface area contributed by atoms with Crippen LogP contribution in [0.1, 0.15) is 18.9 Å². The van der Waals surface area contributed by atoms with Crippen molar-refractivity contribution in [3.8, 4) is 0 Å². The van der Waals surface area contributed by atoms with Gasteiger partial charge < -0.3 is 9.30 Å². The van der Waals surface area contributed by atoms with Crippen molar-refractivity contribution >= 4 is 21.9 Å². The SMILES string of the molecule is CCOC(=O)[C@@H]1C[C@H]1Cn1cc(Br)cc(C)c1=O. The summed E-state index contributed by atoms with van der Waals surface area (Å²) in [5.41, 5.74) is 0.713. The molecule has 1 aliphatic rings. The second kappa shape index (κ2) is 5.26. The molecule has 0 N–H and O–H groups in total. The average molecular weight is 314 g/mol. The van der Waals surface area contributed by atoms with Crippen molar-refractivity contribution in [1.29, 1.82) is 0 Å². The first-order chi connectivity index (χ1) is 8.52. The fraction of sp³-hybridized carbons (Fsp3) is 0.538. The Labute approximate surface area is 114 Å². The van der Waals surface area contributed by atoms with E-state index in [1.54, 1.807) is 30.7 Å². The van der Waals surface area contributed by atoms with Gasteiger partial charge in [-0.15, -0.1) is 0 Å². The quantitative estimate of drug-likeness (QED) is 0.800. The van der Waals surface area contributed by atoms with E-state index < -0.39 is 0 Å². The minimum atomic E-state index is -0.137. The lowest BCUT2D eigenvalue weighted by atomic mass is 10.2. The number of rotatable bonds is 4. The zero-order chi connectivity index (χ0) is 13.3. The van der Waals surface area contributed by atoms with Crippen LogP contribution in [0.2, 0.25) is 0 Å². The average Bonchev–Trinajstić information content (AvgIpc) is 3.05. The second-order valence-corrected chi connectivity index (χ2v) is 5.57. The normalized spacial score (nSPS) is 21.7. The molecule has 0 radical (unpaired) electrons. The predicted octanol–water partition coefficient (Wildman–Crippen LogP) is 2.12. The molecule has 1 aromatic rings. The highest BCUT2D eigenvalue weighted by Crippen LogP contribution is 2.40. The van der Waals surface area contributed by atoms with Crippen LogP contribution in [-0.4, -0.2) is 17.1 Å². The standard InChI is InChI=1S/C13H16BrNO3/c1-3-18-13(17)11-5-9(11)6-15-7-10(14)4-8(2)12(15)16/h4,7,9,11H,3,5-6H2,1-2H3/t9-,11+/m0/s1. The van der Waals surface area contributed by atoms with Crippen molar-refractivity contribution < 1.29 is 9.53 Å². The Bertz CT molecular complexity index is 523. The highest BCUT2D eigenvalue weighted by atomic mass is 79.9. The Kier molecular flexibility index (Phi) is 3.90. The van der Waals surface area contributed by atoms with E-state index >= 15 is 0 Å². The molecule has 1 saturated carbocycles.